The largest absolute Gasteiger partial charge is 0.491 e. The molecule has 34 heavy (non-hydrogen) atoms. The Morgan fingerprint density at radius 3 is 2.79 bits per heavy atom. The second-order valence-corrected chi connectivity index (χ2v) is 9.99. The molecule has 9 nitrogen and oxygen atoms in total. The van der Waals surface area contributed by atoms with Crippen molar-refractivity contribution in [3.05, 3.63) is 41.2 Å². The van der Waals surface area contributed by atoms with Crippen LogP contribution in [0, 0.1) is 5.92 Å². The lowest BCUT2D eigenvalue weighted by molar-refractivity contribution is -0.128. The zero-order valence-electron chi connectivity index (χ0n) is 20.2. The highest BCUT2D eigenvalue weighted by Crippen LogP contribution is 2.33. The van der Waals surface area contributed by atoms with E-state index in [0.717, 1.165) is 56.0 Å². The Balaban J connectivity index is 1.14. The first-order valence-corrected chi connectivity index (χ1v) is 12.4. The van der Waals surface area contributed by atoms with Gasteiger partial charge in [-0.3, -0.25) is 9.69 Å². The molecule has 2 aromatic rings. The van der Waals surface area contributed by atoms with Crippen LogP contribution in [0.25, 0.3) is 0 Å². The highest BCUT2D eigenvalue weighted by atomic mass is 16.5. The second kappa shape index (κ2) is 10.0. The smallest absolute Gasteiger partial charge is 0.223 e. The molecular weight excluding hydrogens is 434 g/mol. The van der Waals surface area contributed by atoms with Crippen molar-refractivity contribution < 1.29 is 19.0 Å². The first-order valence-electron chi connectivity index (χ1n) is 12.4. The molecule has 1 N–H and O–H groups in total. The molecule has 0 radical (unpaired) electrons. The molecule has 1 spiro atoms. The lowest BCUT2D eigenvalue weighted by Crippen LogP contribution is -2.44. The van der Waals surface area contributed by atoms with Gasteiger partial charge in [0.1, 0.15) is 17.0 Å². The van der Waals surface area contributed by atoms with Crippen molar-refractivity contribution in [3.8, 4) is 5.75 Å². The van der Waals surface area contributed by atoms with E-state index in [1.807, 2.05) is 30.7 Å². The molecule has 9 heteroatoms. The Morgan fingerprint density at radius 1 is 1.24 bits per heavy atom. The van der Waals surface area contributed by atoms with Gasteiger partial charge in [-0.05, 0) is 50.8 Å². The van der Waals surface area contributed by atoms with Gasteiger partial charge in [-0.15, -0.1) is 5.10 Å². The number of carbonyl (C=O) groups excluding carboxylic acids is 1. The molecule has 5 rings (SSSR count). The van der Waals surface area contributed by atoms with Gasteiger partial charge >= 0.3 is 0 Å². The summed E-state index contributed by atoms with van der Waals surface area (Å²) in [5.74, 6) is 1.02. The zero-order chi connectivity index (χ0) is 23.5. The van der Waals surface area contributed by atoms with Crippen LogP contribution in [0.5, 0.6) is 5.75 Å². The van der Waals surface area contributed by atoms with Crippen LogP contribution >= 0.6 is 0 Å². The minimum Gasteiger partial charge on any atom is -0.491 e. The third kappa shape index (κ3) is 5.26. The molecular formula is C25H35N5O4. The van der Waals surface area contributed by atoms with Gasteiger partial charge in [0.05, 0.1) is 31.5 Å². The maximum absolute atomic E-state index is 12.5. The summed E-state index contributed by atoms with van der Waals surface area (Å²) in [6, 6.07) is 8.37. The Labute approximate surface area is 200 Å². The van der Waals surface area contributed by atoms with Crippen LogP contribution < -0.4 is 10.1 Å². The number of fused-ring (bicyclic) bond motifs is 1. The molecule has 0 saturated carbocycles. The summed E-state index contributed by atoms with van der Waals surface area (Å²) in [7, 11) is 0. The number of likely N-dealkylation sites (tertiary alicyclic amines) is 1. The monoisotopic (exact) mass is 469 g/mol. The Bertz CT molecular complexity index is 986. The number of nitrogens with zero attached hydrogens (tertiary/aromatic N) is 4. The Hall–Kier alpha value is -2.49. The van der Waals surface area contributed by atoms with Crippen LogP contribution in [0.3, 0.4) is 0 Å². The van der Waals surface area contributed by atoms with Crippen molar-refractivity contribution >= 4 is 5.91 Å². The third-order valence-electron chi connectivity index (χ3n) is 6.99. The summed E-state index contributed by atoms with van der Waals surface area (Å²) in [5.41, 5.74) is 2.81. The van der Waals surface area contributed by atoms with Gasteiger partial charge in [0.25, 0.3) is 0 Å². The average Bonchev–Trinajstić information content (AvgIpc) is 3.42. The van der Waals surface area contributed by atoms with Crippen LogP contribution in [0.15, 0.2) is 24.3 Å². The summed E-state index contributed by atoms with van der Waals surface area (Å²) in [5, 5.41) is 11.8. The third-order valence-corrected chi connectivity index (χ3v) is 6.99. The van der Waals surface area contributed by atoms with Crippen LogP contribution in [0.1, 0.15) is 50.1 Å². The van der Waals surface area contributed by atoms with Crippen molar-refractivity contribution in [2.45, 2.75) is 71.1 Å². The van der Waals surface area contributed by atoms with Crippen LogP contribution in [-0.4, -0.2) is 63.8 Å². The van der Waals surface area contributed by atoms with Gasteiger partial charge < -0.3 is 19.5 Å². The number of carbonyl (C=O) groups is 1. The predicted molar refractivity (Wildman–Crippen MR) is 125 cm³/mol. The normalized spacial score (nSPS) is 23.4. The first-order chi connectivity index (χ1) is 16.5. The number of nitrogens with one attached hydrogen (secondary N) is 1. The molecule has 3 aliphatic heterocycles. The molecule has 2 fully saturated rings. The van der Waals surface area contributed by atoms with E-state index >= 15 is 0 Å². The summed E-state index contributed by atoms with van der Waals surface area (Å²) < 4.78 is 19.5. The maximum Gasteiger partial charge on any atom is 0.223 e. The van der Waals surface area contributed by atoms with Crippen LogP contribution in [0.4, 0.5) is 0 Å². The molecule has 1 unspecified atom stereocenters. The average molecular weight is 470 g/mol. The van der Waals surface area contributed by atoms with E-state index in [0.29, 0.717) is 32.9 Å². The molecule has 184 valence electrons. The van der Waals surface area contributed by atoms with Crippen molar-refractivity contribution in [1.29, 1.82) is 0 Å². The molecule has 2 saturated heterocycles. The van der Waals surface area contributed by atoms with Gasteiger partial charge in [-0.1, -0.05) is 17.3 Å². The molecule has 1 aromatic carbocycles. The molecule has 4 heterocycles. The van der Waals surface area contributed by atoms with Crippen molar-refractivity contribution in [3.63, 3.8) is 0 Å². The van der Waals surface area contributed by atoms with Crippen molar-refractivity contribution in [2.75, 3.05) is 26.3 Å². The number of amides is 1. The fourth-order valence-corrected chi connectivity index (χ4v) is 5.12. The van der Waals surface area contributed by atoms with Gasteiger partial charge in [0, 0.05) is 38.8 Å². The highest BCUT2D eigenvalue weighted by molar-refractivity contribution is 5.78. The SMILES string of the molecule is CC(C)Oc1ccc(CN2CCC3(C2)Cn2nnc(CNC(=O)C4CCOCC4)c2CO3)cc1. The van der Waals surface area contributed by atoms with Gasteiger partial charge in [0.15, 0.2) is 0 Å². The molecule has 0 aliphatic carbocycles. The van der Waals surface area contributed by atoms with E-state index in [-0.39, 0.29) is 23.5 Å². The maximum atomic E-state index is 12.5. The lowest BCUT2D eigenvalue weighted by Gasteiger charge is -2.34. The van der Waals surface area contributed by atoms with E-state index in [1.165, 1.54) is 5.56 Å². The Morgan fingerprint density at radius 2 is 2.03 bits per heavy atom. The summed E-state index contributed by atoms with van der Waals surface area (Å²) in [4.78, 5) is 14.9. The van der Waals surface area contributed by atoms with Gasteiger partial charge in [0.2, 0.25) is 5.91 Å². The lowest BCUT2D eigenvalue weighted by atomic mass is 9.99. The quantitative estimate of drug-likeness (QED) is 0.665. The van der Waals surface area contributed by atoms with E-state index in [4.69, 9.17) is 14.2 Å². The van der Waals surface area contributed by atoms with Crippen LogP contribution in [0.2, 0.25) is 0 Å². The van der Waals surface area contributed by atoms with Gasteiger partial charge in [-0.25, -0.2) is 4.68 Å². The number of hydrogen-bond acceptors (Lipinski definition) is 7. The zero-order valence-corrected chi connectivity index (χ0v) is 20.2. The summed E-state index contributed by atoms with van der Waals surface area (Å²) >= 11 is 0. The molecule has 1 amide bonds. The van der Waals surface area contributed by atoms with E-state index in [2.05, 4.69) is 32.7 Å². The minimum absolute atomic E-state index is 0.0306. The molecule has 1 aromatic heterocycles. The van der Waals surface area contributed by atoms with Crippen molar-refractivity contribution in [1.82, 2.24) is 25.2 Å². The van der Waals surface area contributed by atoms with E-state index in [1.54, 1.807) is 0 Å². The molecule has 0 bridgehead atoms. The number of hydrogen-bond donors (Lipinski definition) is 1. The number of rotatable bonds is 7. The number of benzene rings is 1. The Kier molecular flexibility index (Phi) is 6.85. The van der Waals surface area contributed by atoms with Crippen molar-refractivity contribution in [2.24, 2.45) is 5.92 Å². The van der Waals surface area contributed by atoms with Gasteiger partial charge in [-0.2, -0.15) is 0 Å². The number of aromatic nitrogens is 3. The fourth-order valence-electron chi connectivity index (χ4n) is 5.12. The minimum atomic E-state index is -0.232. The van der Waals surface area contributed by atoms with E-state index < -0.39 is 0 Å². The standard InChI is InChI=1S/C25H35N5O4/c1-18(2)34-21-5-3-19(4-6-21)14-29-10-9-25(16-29)17-30-23(15-33-25)22(27-28-30)13-26-24(31)20-7-11-32-12-8-20/h3-6,18,20H,7-17H2,1-2H3,(H,26,31). The van der Waals surface area contributed by atoms with E-state index in [9.17, 15) is 4.79 Å². The summed E-state index contributed by atoms with van der Waals surface area (Å²) in [6.07, 6.45) is 2.71. The topological polar surface area (TPSA) is 90.7 Å². The summed E-state index contributed by atoms with van der Waals surface area (Å²) in [6.45, 7) is 9.70. The second-order valence-electron chi connectivity index (χ2n) is 9.99. The first kappa shape index (κ1) is 23.3. The molecule has 3 aliphatic rings. The molecule has 1 atom stereocenters. The fraction of sp³-hybridized carbons (Fsp3) is 0.640. The predicted octanol–water partition coefficient (Wildman–Crippen LogP) is 2.28. The van der Waals surface area contributed by atoms with Crippen LogP contribution in [-0.2, 0) is 40.5 Å². The number of ether oxygens (including phenoxy) is 3. The highest BCUT2D eigenvalue weighted by Gasteiger charge is 2.43.